The number of nitrogens with zero attached hydrogens (tertiary/aromatic N) is 5. The minimum Gasteiger partial charge on any atom is -0.396 e. The first-order valence-corrected chi connectivity index (χ1v) is 5.21. The van der Waals surface area contributed by atoms with Crippen LogP contribution in [-0.2, 0) is 13.6 Å². The van der Waals surface area contributed by atoms with Crippen LogP contribution in [0.25, 0.3) is 0 Å². The van der Waals surface area contributed by atoms with Gasteiger partial charge in [0.15, 0.2) is 5.82 Å². The molecule has 6 heteroatoms. The standard InChI is InChI=1S/C9H19N5O/c1-8(2)14(5-4-6-15)7-9-10-12-13(3)11-9/h8,15H,4-7H2,1-3H3. The summed E-state index contributed by atoms with van der Waals surface area (Å²) in [6, 6.07) is 0.417. The molecule has 0 saturated carbocycles. The quantitative estimate of drug-likeness (QED) is 0.709. The van der Waals surface area contributed by atoms with Gasteiger partial charge in [0.25, 0.3) is 0 Å². The SMILES string of the molecule is CC(C)N(CCCO)Cc1nnn(C)n1. The van der Waals surface area contributed by atoms with E-state index in [-0.39, 0.29) is 6.61 Å². The maximum Gasteiger partial charge on any atom is 0.188 e. The van der Waals surface area contributed by atoms with Crippen LogP contribution >= 0.6 is 0 Å². The molecule has 1 aromatic rings. The Labute approximate surface area is 89.9 Å². The second-order valence-electron chi connectivity index (χ2n) is 3.84. The molecule has 1 rings (SSSR count). The highest BCUT2D eigenvalue weighted by Crippen LogP contribution is 2.04. The highest BCUT2D eigenvalue weighted by atomic mass is 16.3. The van der Waals surface area contributed by atoms with Crippen molar-refractivity contribution in [1.82, 2.24) is 25.1 Å². The van der Waals surface area contributed by atoms with Gasteiger partial charge in [-0.05, 0) is 25.5 Å². The first-order valence-electron chi connectivity index (χ1n) is 5.21. The van der Waals surface area contributed by atoms with E-state index < -0.39 is 0 Å². The largest absolute Gasteiger partial charge is 0.396 e. The number of rotatable bonds is 6. The predicted octanol–water partition coefficient (Wildman–Crippen LogP) is -0.197. The Morgan fingerprint density at radius 1 is 1.47 bits per heavy atom. The fourth-order valence-electron chi connectivity index (χ4n) is 1.36. The van der Waals surface area contributed by atoms with Crippen molar-refractivity contribution in [3.8, 4) is 0 Å². The van der Waals surface area contributed by atoms with Crippen LogP contribution in [0.5, 0.6) is 0 Å². The van der Waals surface area contributed by atoms with Gasteiger partial charge in [0.2, 0.25) is 0 Å². The zero-order valence-electron chi connectivity index (χ0n) is 9.59. The third-order valence-corrected chi connectivity index (χ3v) is 2.23. The summed E-state index contributed by atoms with van der Waals surface area (Å²) >= 11 is 0. The molecule has 1 N–H and O–H groups in total. The first kappa shape index (κ1) is 12.1. The zero-order chi connectivity index (χ0) is 11.3. The summed E-state index contributed by atoms with van der Waals surface area (Å²) in [6.45, 7) is 6.00. The van der Waals surface area contributed by atoms with Crippen LogP contribution in [0, 0.1) is 0 Å². The first-order chi connectivity index (χ1) is 7.13. The maximum absolute atomic E-state index is 8.79. The van der Waals surface area contributed by atoms with Gasteiger partial charge in [-0.25, -0.2) is 0 Å². The van der Waals surface area contributed by atoms with Crippen molar-refractivity contribution in [3.63, 3.8) is 0 Å². The zero-order valence-corrected chi connectivity index (χ0v) is 9.59. The molecule has 0 unspecified atom stereocenters. The molecule has 0 bridgehead atoms. The molecule has 0 aliphatic carbocycles. The van der Waals surface area contributed by atoms with E-state index in [2.05, 4.69) is 34.2 Å². The minimum atomic E-state index is 0.219. The number of hydrogen-bond acceptors (Lipinski definition) is 5. The van der Waals surface area contributed by atoms with Crippen LogP contribution in [0.1, 0.15) is 26.1 Å². The molecule has 15 heavy (non-hydrogen) atoms. The Hall–Kier alpha value is -1.01. The van der Waals surface area contributed by atoms with E-state index in [1.54, 1.807) is 7.05 Å². The Morgan fingerprint density at radius 2 is 2.20 bits per heavy atom. The molecule has 0 radical (unpaired) electrons. The molecule has 0 aliphatic heterocycles. The summed E-state index contributed by atoms with van der Waals surface area (Å²) < 4.78 is 0. The predicted molar refractivity (Wildman–Crippen MR) is 56.0 cm³/mol. The van der Waals surface area contributed by atoms with Crippen LogP contribution in [0.3, 0.4) is 0 Å². The molecular weight excluding hydrogens is 194 g/mol. The summed E-state index contributed by atoms with van der Waals surface area (Å²) in [5, 5.41) is 20.7. The van der Waals surface area contributed by atoms with Crippen LogP contribution in [0.15, 0.2) is 0 Å². The average molecular weight is 213 g/mol. The molecule has 0 fully saturated rings. The Kier molecular flexibility index (Phi) is 4.64. The van der Waals surface area contributed by atoms with Crippen molar-refractivity contribution in [2.45, 2.75) is 32.9 Å². The fourth-order valence-corrected chi connectivity index (χ4v) is 1.36. The molecule has 1 heterocycles. The van der Waals surface area contributed by atoms with Crippen molar-refractivity contribution in [2.75, 3.05) is 13.2 Å². The van der Waals surface area contributed by atoms with E-state index in [1.807, 2.05) is 0 Å². The Morgan fingerprint density at radius 3 is 2.67 bits per heavy atom. The lowest BCUT2D eigenvalue weighted by Gasteiger charge is -2.24. The molecule has 0 atom stereocenters. The fraction of sp³-hybridized carbons (Fsp3) is 0.889. The van der Waals surface area contributed by atoms with Gasteiger partial charge in [-0.2, -0.15) is 4.80 Å². The Balaban J connectivity index is 2.50. The van der Waals surface area contributed by atoms with Gasteiger partial charge in [-0.15, -0.1) is 10.2 Å². The van der Waals surface area contributed by atoms with Crippen molar-refractivity contribution < 1.29 is 5.11 Å². The molecule has 0 aliphatic rings. The van der Waals surface area contributed by atoms with E-state index in [0.717, 1.165) is 18.8 Å². The summed E-state index contributed by atoms with van der Waals surface area (Å²) in [4.78, 5) is 3.67. The third kappa shape index (κ3) is 3.93. The van der Waals surface area contributed by atoms with Gasteiger partial charge in [0.05, 0.1) is 13.6 Å². The van der Waals surface area contributed by atoms with Gasteiger partial charge in [-0.3, -0.25) is 4.90 Å². The van der Waals surface area contributed by atoms with E-state index in [4.69, 9.17) is 5.11 Å². The second kappa shape index (κ2) is 5.77. The molecule has 1 aromatic heterocycles. The third-order valence-electron chi connectivity index (χ3n) is 2.23. The van der Waals surface area contributed by atoms with Crippen LogP contribution in [-0.4, -0.2) is 49.4 Å². The molecule has 86 valence electrons. The van der Waals surface area contributed by atoms with Gasteiger partial charge in [-0.1, -0.05) is 0 Å². The van der Waals surface area contributed by atoms with Gasteiger partial charge in [0.1, 0.15) is 0 Å². The van der Waals surface area contributed by atoms with Gasteiger partial charge < -0.3 is 5.11 Å². The second-order valence-corrected chi connectivity index (χ2v) is 3.84. The van der Waals surface area contributed by atoms with Crippen LogP contribution in [0.4, 0.5) is 0 Å². The lowest BCUT2D eigenvalue weighted by atomic mass is 10.3. The summed E-state index contributed by atoms with van der Waals surface area (Å²) in [6.07, 6.45) is 0.776. The lowest BCUT2D eigenvalue weighted by Crippen LogP contribution is -2.32. The van der Waals surface area contributed by atoms with Crippen LogP contribution < -0.4 is 0 Å². The van der Waals surface area contributed by atoms with Crippen molar-refractivity contribution in [1.29, 1.82) is 0 Å². The van der Waals surface area contributed by atoms with Gasteiger partial charge >= 0.3 is 0 Å². The molecule has 0 aromatic carbocycles. The molecule has 0 amide bonds. The molecule has 6 nitrogen and oxygen atoms in total. The molecule has 0 saturated heterocycles. The number of aliphatic hydroxyl groups is 1. The number of hydrogen-bond donors (Lipinski definition) is 1. The highest BCUT2D eigenvalue weighted by molar-refractivity contribution is 4.78. The smallest absolute Gasteiger partial charge is 0.188 e. The number of aliphatic hydroxyl groups excluding tert-OH is 1. The topological polar surface area (TPSA) is 67.1 Å². The monoisotopic (exact) mass is 213 g/mol. The number of aromatic nitrogens is 4. The van der Waals surface area contributed by atoms with Crippen molar-refractivity contribution in [2.24, 2.45) is 7.05 Å². The molecule has 0 spiro atoms. The summed E-state index contributed by atoms with van der Waals surface area (Å²) in [5.41, 5.74) is 0. The van der Waals surface area contributed by atoms with E-state index >= 15 is 0 Å². The average Bonchev–Trinajstić information content (AvgIpc) is 2.58. The van der Waals surface area contributed by atoms with E-state index in [0.29, 0.717) is 12.6 Å². The van der Waals surface area contributed by atoms with E-state index in [9.17, 15) is 0 Å². The Bertz CT molecular complexity index is 286. The maximum atomic E-state index is 8.79. The van der Waals surface area contributed by atoms with Crippen molar-refractivity contribution in [3.05, 3.63) is 5.82 Å². The van der Waals surface area contributed by atoms with Crippen LogP contribution in [0.2, 0.25) is 0 Å². The summed E-state index contributed by atoms with van der Waals surface area (Å²) in [7, 11) is 1.75. The normalized spacial score (nSPS) is 11.6. The lowest BCUT2D eigenvalue weighted by molar-refractivity contribution is 0.181. The number of tetrazole rings is 1. The highest BCUT2D eigenvalue weighted by Gasteiger charge is 2.12. The summed E-state index contributed by atoms with van der Waals surface area (Å²) in [5.74, 6) is 0.726. The van der Waals surface area contributed by atoms with E-state index in [1.165, 1.54) is 4.80 Å². The molecular formula is C9H19N5O. The van der Waals surface area contributed by atoms with Crippen molar-refractivity contribution >= 4 is 0 Å². The number of aryl methyl sites for hydroxylation is 1. The minimum absolute atomic E-state index is 0.219. The van der Waals surface area contributed by atoms with Gasteiger partial charge in [0, 0.05) is 19.2 Å².